The van der Waals surface area contributed by atoms with Crippen molar-refractivity contribution in [2.45, 2.75) is 19.9 Å². The summed E-state index contributed by atoms with van der Waals surface area (Å²) in [6.07, 6.45) is 0. The van der Waals surface area contributed by atoms with Crippen molar-refractivity contribution < 1.29 is 9.47 Å². The first-order valence-electron chi connectivity index (χ1n) is 7.15. The van der Waals surface area contributed by atoms with E-state index in [4.69, 9.17) is 9.47 Å². The summed E-state index contributed by atoms with van der Waals surface area (Å²) >= 11 is 0. The zero-order valence-electron chi connectivity index (χ0n) is 13.1. The molecule has 3 heteroatoms. The maximum atomic E-state index is 6.00. The van der Waals surface area contributed by atoms with E-state index < -0.39 is 0 Å². The van der Waals surface area contributed by atoms with Crippen LogP contribution in [0.1, 0.15) is 22.7 Å². The molecule has 0 heterocycles. The molecule has 0 bridgehead atoms. The zero-order valence-corrected chi connectivity index (χ0v) is 13.1. The predicted octanol–water partition coefficient (Wildman–Crippen LogP) is 3.65. The van der Waals surface area contributed by atoms with E-state index in [9.17, 15) is 0 Å². The van der Waals surface area contributed by atoms with Gasteiger partial charge in [-0.05, 0) is 55.8 Å². The van der Waals surface area contributed by atoms with Crippen molar-refractivity contribution in [3.8, 4) is 11.5 Å². The number of ether oxygens (including phenoxy) is 2. The summed E-state index contributed by atoms with van der Waals surface area (Å²) in [6.45, 7) is 4.71. The van der Waals surface area contributed by atoms with Gasteiger partial charge in [0.05, 0.1) is 13.2 Å². The Bertz CT molecular complexity index is 596. The number of benzene rings is 2. The van der Waals surface area contributed by atoms with Crippen molar-refractivity contribution in [2.24, 2.45) is 0 Å². The molecule has 0 saturated heterocycles. The molecule has 0 saturated carbocycles. The lowest BCUT2D eigenvalue weighted by Gasteiger charge is -2.19. The predicted molar refractivity (Wildman–Crippen MR) is 86.2 cm³/mol. The maximum absolute atomic E-state index is 6.00. The van der Waals surface area contributed by atoms with Crippen LogP contribution in [0, 0.1) is 13.8 Å². The highest BCUT2D eigenvalue weighted by molar-refractivity contribution is 5.36. The fraction of sp³-hybridized carbons (Fsp3) is 0.333. The van der Waals surface area contributed by atoms with Crippen LogP contribution in [0.5, 0.6) is 11.5 Å². The molecule has 1 unspecified atom stereocenters. The van der Waals surface area contributed by atoms with Crippen LogP contribution in [-0.4, -0.2) is 20.8 Å². The standard InChI is InChI=1S/C18H23NO2/c1-13-8-9-14(2)18(10-13)21-12-17(19-3)15-6-5-7-16(11-15)20-4/h5-11,17,19H,12H2,1-4H3. The molecule has 0 aliphatic heterocycles. The highest BCUT2D eigenvalue weighted by Crippen LogP contribution is 2.23. The first kappa shape index (κ1) is 15.4. The molecule has 2 aromatic carbocycles. The number of nitrogens with one attached hydrogen (secondary N) is 1. The van der Waals surface area contributed by atoms with Gasteiger partial charge in [0, 0.05) is 0 Å². The van der Waals surface area contributed by atoms with E-state index in [0.717, 1.165) is 22.6 Å². The molecule has 2 aromatic rings. The van der Waals surface area contributed by atoms with Gasteiger partial charge in [-0.1, -0.05) is 24.3 Å². The second-order valence-corrected chi connectivity index (χ2v) is 5.20. The summed E-state index contributed by atoms with van der Waals surface area (Å²) < 4.78 is 11.3. The van der Waals surface area contributed by atoms with E-state index in [1.807, 2.05) is 25.2 Å². The molecule has 0 fully saturated rings. The first-order chi connectivity index (χ1) is 10.1. The molecule has 0 spiro atoms. The summed E-state index contributed by atoms with van der Waals surface area (Å²) in [5, 5.41) is 3.29. The topological polar surface area (TPSA) is 30.5 Å². The van der Waals surface area contributed by atoms with Gasteiger partial charge in [0.25, 0.3) is 0 Å². The number of aryl methyl sites for hydroxylation is 2. The second-order valence-electron chi connectivity index (χ2n) is 5.20. The number of likely N-dealkylation sites (N-methyl/N-ethyl adjacent to an activating group) is 1. The summed E-state index contributed by atoms with van der Waals surface area (Å²) in [4.78, 5) is 0. The largest absolute Gasteiger partial charge is 0.497 e. The Labute approximate surface area is 126 Å². The van der Waals surface area contributed by atoms with Crippen molar-refractivity contribution in [3.05, 3.63) is 59.2 Å². The number of hydrogen-bond donors (Lipinski definition) is 1. The van der Waals surface area contributed by atoms with Crippen molar-refractivity contribution in [3.63, 3.8) is 0 Å². The van der Waals surface area contributed by atoms with Gasteiger partial charge < -0.3 is 14.8 Å². The lowest BCUT2D eigenvalue weighted by molar-refractivity contribution is 0.271. The average Bonchev–Trinajstić information content (AvgIpc) is 2.51. The Kier molecular flexibility index (Phi) is 5.23. The van der Waals surface area contributed by atoms with E-state index in [1.165, 1.54) is 5.56 Å². The molecular formula is C18H23NO2. The summed E-state index contributed by atoms with van der Waals surface area (Å²) in [5.41, 5.74) is 3.52. The van der Waals surface area contributed by atoms with Crippen LogP contribution in [0.15, 0.2) is 42.5 Å². The van der Waals surface area contributed by atoms with Crippen LogP contribution >= 0.6 is 0 Å². The normalized spacial score (nSPS) is 12.0. The third kappa shape index (κ3) is 3.99. The SMILES string of the molecule is CNC(COc1cc(C)ccc1C)c1cccc(OC)c1. The molecule has 0 aliphatic rings. The van der Waals surface area contributed by atoms with Gasteiger partial charge in [0.1, 0.15) is 18.1 Å². The van der Waals surface area contributed by atoms with Crippen molar-refractivity contribution in [1.82, 2.24) is 5.32 Å². The molecule has 21 heavy (non-hydrogen) atoms. The van der Waals surface area contributed by atoms with E-state index in [1.54, 1.807) is 7.11 Å². The minimum Gasteiger partial charge on any atom is -0.497 e. The van der Waals surface area contributed by atoms with Gasteiger partial charge in [0.2, 0.25) is 0 Å². The Balaban J connectivity index is 2.10. The van der Waals surface area contributed by atoms with Crippen molar-refractivity contribution in [1.29, 1.82) is 0 Å². The van der Waals surface area contributed by atoms with Crippen LogP contribution in [0.25, 0.3) is 0 Å². The van der Waals surface area contributed by atoms with Gasteiger partial charge in [-0.2, -0.15) is 0 Å². The Morgan fingerprint density at radius 1 is 1.10 bits per heavy atom. The molecule has 0 radical (unpaired) electrons. The monoisotopic (exact) mass is 285 g/mol. The fourth-order valence-corrected chi connectivity index (χ4v) is 2.24. The highest BCUT2D eigenvalue weighted by Gasteiger charge is 2.11. The van der Waals surface area contributed by atoms with E-state index >= 15 is 0 Å². The van der Waals surface area contributed by atoms with E-state index in [0.29, 0.717) is 6.61 Å². The number of methoxy groups -OCH3 is 1. The third-order valence-corrected chi connectivity index (χ3v) is 3.59. The van der Waals surface area contributed by atoms with Crippen LogP contribution in [0.4, 0.5) is 0 Å². The molecule has 0 aliphatic carbocycles. The van der Waals surface area contributed by atoms with Crippen LogP contribution in [-0.2, 0) is 0 Å². The van der Waals surface area contributed by atoms with Gasteiger partial charge in [-0.25, -0.2) is 0 Å². The quantitative estimate of drug-likeness (QED) is 0.878. The van der Waals surface area contributed by atoms with E-state index in [2.05, 4.69) is 43.4 Å². The molecular weight excluding hydrogens is 262 g/mol. The van der Waals surface area contributed by atoms with Gasteiger partial charge in [-0.3, -0.25) is 0 Å². The van der Waals surface area contributed by atoms with Crippen LogP contribution < -0.4 is 14.8 Å². The van der Waals surface area contributed by atoms with Gasteiger partial charge >= 0.3 is 0 Å². The zero-order chi connectivity index (χ0) is 15.2. The maximum Gasteiger partial charge on any atom is 0.122 e. The van der Waals surface area contributed by atoms with E-state index in [-0.39, 0.29) is 6.04 Å². The average molecular weight is 285 g/mol. The molecule has 1 atom stereocenters. The third-order valence-electron chi connectivity index (χ3n) is 3.59. The summed E-state index contributed by atoms with van der Waals surface area (Å²) in [7, 11) is 3.62. The Morgan fingerprint density at radius 3 is 2.62 bits per heavy atom. The fourth-order valence-electron chi connectivity index (χ4n) is 2.24. The minimum absolute atomic E-state index is 0.125. The van der Waals surface area contributed by atoms with Crippen molar-refractivity contribution in [2.75, 3.05) is 20.8 Å². The molecule has 3 nitrogen and oxygen atoms in total. The van der Waals surface area contributed by atoms with Crippen LogP contribution in [0.2, 0.25) is 0 Å². The number of rotatable bonds is 6. The van der Waals surface area contributed by atoms with Gasteiger partial charge in [-0.15, -0.1) is 0 Å². The lowest BCUT2D eigenvalue weighted by atomic mass is 10.1. The molecule has 0 aromatic heterocycles. The summed E-state index contributed by atoms with van der Waals surface area (Å²) in [6, 6.07) is 14.4. The number of hydrogen-bond acceptors (Lipinski definition) is 3. The molecule has 2 rings (SSSR count). The molecule has 1 N–H and O–H groups in total. The lowest BCUT2D eigenvalue weighted by Crippen LogP contribution is -2.23. The molecule has 0 amide bonds. The highest BCUT2D eigenvalue weighted by atomic mass is 16.5. The van der Waals surface area contributed by atoms with Gasteiger partial charge in [0.15, 0.2) is 0 Å². The first-order valence-corrected chi connectivity index (χ1v) is 7.15. The molecule has 112 valence electrons. The van der Waals surface area contributed by atoms with Crippen LogP contribution in [0.3, 0.4) is 0 Å². The van der Waals surface area contributed by atoms with Crippen molar-refractivity contribution >= 4 is 0 Å². The Morgan fingerprint density at radius 2 is 1.90 bits per heavy atom. The second kappa shape index (κ2) is 7.14. The summed E-state index contributed by atoms with van der Waals surface area (Å²) in [5.74, 6) is 1.80. The Hall–Kier alpha value is -2.00. The minimum atomic E-state index is 0.125. The smallest absolute Gasteiger partial charge is 0.122 e.